The predicted octanol–water partition coefficient (Wildman–Crippen LogP) is 3.81. The molecule has 2 nitrogen and oxygen atoms in total. The maximum Gasteiger partial charge on any atom is 0.102 e. The molecule has 0 aliphatic carbocycles. The number of rotatable bonds is 2. The fourth-order valence-electron chi connectivity index (χ4n) is 1.74. The minimum atomic E-state index is -0.0532. The Bertz CT molecular complexity index is 391. The van der Waals surface area contributed by atoms with Gasteiger partial charge in [0.25, 0.3) is 0 Å². The van der Waals surface area contributed by atoms with Crippen molar-refractivity contribution in [2.24, 2.45) is 4.99 Å². The van der Waals surface area contributed by atoms with Crippen LogP contribution in [0.3, 0.4) is 0 Å². The van der Waals surface area contributed by atoms with E-state index in [2.05, 4.69) is 71.1 Å². The number of aliphatic imine (C=N–C) groups is 1. The van der Waals surface area contributed by atoms with E-state index in [0.717, 1.165) is 12.3 Å². The third-order valence-corrected chi connectivity index (χ3v) is 2.20. The molecule has 0 spiro atoms. The van der Waals surface area contributed by atoms with Crippen molar-refractivity contribution in [3.05, 3.63) is 35.9 Å². The number of amidine groups is 1. The lowest BCUT2D eigenvalue weighted by Crippen LogP contribution is -2.42. The fraction of sp³-hybridized carbons (Fsp3) is 0.562. The van der Waals surface area contributed by atoms with Gasteiger partial charge in [0, 0.05) is 12.0 Å². The predicted molar refractivity (Wildman–Crippen MR) is 80.2 cm³/mol. The average molecular weight is 246 g/mol. The van der Waals surface area contributed by atoms with Gasteiger partial charge in [-0.2, -0.15) is 0 Å². The van der Waals surface area contributed by atoms with E-state index < -0.39 is 0 Å². The van der Waals surface area contributed by atoms with Crippen LogP contribution in [0.2, 0.25) is 0 Å². The van der Waals surface area contributed by atoms with Crippen molar-refractivity contribution in [3.63, 3.8) is 0 Å². The maximum atomic E-state index is 4.80. The van der Waals surface area contributed by atoms with Crippen LogP contribution in [0.5, 0.6) is 0 Å². The molecule has 18 heavy (non-hydrogen) atoms. The third kappa shape index (κ3) is 6.43. The molecule has 0 aliphatic rings. The normalized spacial score (nSPS) is 13.6. The van der Waals surface area contributed by atoms with Crippen LogP contribution in [0.1, 0.15) is 47.1 Å². The number of hydrogen-bond acceptors (Lipinski definition) is 1. The second-order valence-electron chi connectivity index (χ2n) is 6.77. The molecule has 1 aromatic carbocycles. The van der Waals surface area contributed by atoms with Crippen molar-refractivity contribution in [1.82, 2.24) is 5.32 Å². The Hall–Kier alpha value is -1.31. The van der Waals surface area contributed by atoms with Crippen LogP contribution in [0.15, 0.2) is 35.3 Å². The van der Waals surface area contributed by atoms with Gasteiger partial charge in [-0.05, 0) is 47.1 Å². The van der Waals surface area contributed by atoms with Gasteiger partial charge < -0.3 is 5.32 Å². The zero-order valence-electron chi connectivity index (χ0n) is 12.5. The molecule has 0 heterocycles. The van der Waals surface area contributed by atoms with Gasteiger partial charge >= 0.3 is 0 Å². The van der Waals surface area contributed by atoms with Crippen molar-refractivity contribution >= 4 is 5.84 Å². The van der Waals surface area contributed by atoms with Crippen LogP contribution in [-0.4, -0.2) is 16.9 Å². The number of nitrogens with one attached hydrogen (secondary N) is 1. The molecule has 1 N–H and O–H groups in total. The Kier molecular flexibility index (Phi) is 4.55. The van der Waals surface area contributed by atoms with Gasteiger partial charge in [0.05, 0.1) is 5.54 Å². The second-order valence-corrected chi connectivity index (χ2v) is 6.77. The first kappa shape index (κ1) is 14.7. The van der Waals surface area contributed by atoms with Crippen molar-refractivity contribution in [3.8, 4) is 0 Å². The van der Waals surface area contributed by atoms with Crippen LogP contribution in [0.25, 0.3) is 0 Å². The van der Waals surface area contributed by atoms with Gasteiger partial charge in [-0.3, -0.25) is 4.99 Å². The number of benzene rings is 1. The summed E-state index contributed by atoms with van der Waals surface area (Å²) in [6, 6.07) is 10.5. The molecule has 0 amide bonds. The zero-order chi connectivity index (χ0) is 13.8. The summed E-state index contributed by atoms with van der Waals surface area (Å²) in [6.07, 6.45) is 0.857. The topological polar surface area (TPSA) is 24.4 Å². The Balaban J connectivity index is 2.89. The molecule has 0 unspecified atom stereocenters. The molecule has 0 aromatic heterocycles. The second kappa shape index (κ2) is 5.55. The molecule has 0 atom stereocenters. The zero-order valence-corrected chi connectivity index (χ0v) is 12.5. The lowest BCUT2D eigenvalue weighted by Gasteiger charge is -2.26. The van der Waals surface area contributed by atoms with Gasteiger partial charge in [-0.15, -0.1) is 0 Å². The smallest absolute Gasteiger partial charge is 0.102 e. The fourth-order valence-corrected chi connectivity index (χ4v) is 1.74. The first-order valence-electron chi connectivity index (χ1n) is 6.57. The Labute approximate surface area is 112 Å². The minimum absolute atomic E-state index is 0.0405. The highest BCUT2D eigenvalue weighted by atomic mass is 15.1. The first-order valence-corrected chi connectivity index (χ1v) is 6.57. The summed E-state index contributed by atoms with van der Waals surface area (Å²) < 4.78 is 0. The van der Waals surface area contributed by atoms with Gasteiger partial charge in [0.1, 0.15) is 5.84 Å². The highest BCUT2D eigenvalue weighted by Crippen LogP contribution is 2.11. The van der Waals surface area contributed by atoms with Gasteiger partial charge in [0.2, 0.25) is 0 Å². The number of nitrogens with zero attached hydrogens (tertiary/aromatic N) is 1. The Morgan fingerprint density at radius 3 is 2.00 bits per heavy atom. The molecular formula is C16H26N2. The molecule has 1 rings (SSSR count). The summed E-state index contributed by atoms with van der Waals surface area (Å²) in [4.78, 5) is 4.80. The molecule has 2 heteroatoms. The summed E-state index contributed by atoms with van der Waals surface area (Å²) in [6.45, 7) is 12.9. The molecule has 0 saturated carbocycles. The van der Waals surface area contributed by atoms with E-state index in [4.69, 9.17) is 4.99 Å². The van der Waals surface area contributed by atoms with Crippen LogP contribution in [0, 0.1) is 0 Å². The van der Waals surface area contributed by atoms with E-state index in [9.17, 15) is 0 Å². The van der Waals surface area contributed by atoms with Gasteiger partial charge in [-0.1, -0.05) is 30.3 Å². The van der Waals surface area contributed by atoms with E-state index in [1.165, 1.54) is 5.56 Å². The summed E-state index contributed by atoms with van der Waals surface area (Å²) in [5, 5.41) is 3.51. The van der Waals surface area contributed by atoms with Crippen LogP contribution < -0.4 is 5.32 Å². The highest BCUT2D eigenvalue weighted by molar-refractivity contribution is 5.85. The van der Waals surface area contributed by atoms with Crippen molar-refractivity contribution < 1.29 is 0 Å². The monoisotopic (exact) mass is 246 g/mol. The molecule has 0 fully saturated rings. The van der Waals surface area contributed by atoms with Crippen molar-refractivity contribution in [2.75, 3.05) is 0 Å². The third-order valence-electron chi connectivity index (χ3n) is 2.20. The largest absolute Gasteiger partial charge is 0.369 e. The molecule has 0 aliphatic heterocycles. The van der Waals surface area contributed by atoms with Gasteiger partial charge in [0.15, 0.2) is 0 Å². The van der Waals surface area contributed by atoms with E-state index in [1.54, 1.807) is 0 Å². The SMILES string of the molecule is CC(C)(C)N=C(Cc1ccccc1)NC(C)(C)C. The van der Waals surface area contributed by atoms with E-state index in [-0.39, 0.29) is 11.1 Å². The summed E-state index contributed by atoms with van der Waals surface area (Å²) >= 11 is 0. The van der Waals surface area contributed by atoms with E-state index in [0.29, 0.717) is 0 Å². The van der Waals surface area contributed by atoms with E-state index >= 15 is 0 Å². The number of hydrogen-bond donors (Lipinski definition) is 1. The average Bonchev–Trinajstić information content (AvgIpc) is 2.13. The Morgan fingerprint density at radius 1 is 1.00 bits per heavy atom. The summed E-state index contributed by atoms with van der Waals surface area (Å²) in [7, 11) is 0. The summed E-state index contributed by atoms with van der Waals surface area (Å²) in [5.41, 5.74) is 1.28. The van der Waals surface area contributed by atoms with Crippen molar-refractivity contribution in [1.29, 1.82) is 0 Å². The lowest BCUT2D eigenvalue weighted by atomic mass is 10.1. The quantitative estimate of drug-likeness (QED) is 0.622. The van der Waals surface area contributed by atoms with Gasteiger partial charge in [-0.25, -0.2) is 0 Å². The molecular weight excluding hydrogens is 220 g/mol. The van der Waals surface area contributed by atoms with Crippen LogP contribution >= 0.6 is 0 Å². The maximum absolute atomic E-state index is 4.80. The summed E-state index contributed by atoms with van der Waals surface area (Å²) in [5.74, 6) is 1.06. The minimum Gasteiger partial charge on any atom is -0.369 e. The lowest BCUT2D eigenvalue weighted by molar-refractivity contribution is 0.497. The first-order chi connectivity index (χ1) is 8.16. The molecule has 100 valence electrons. The van der Waals surface area contributed by atoms with Crippen molar-refractivity contribution in [2.45, 2.75) is 59.0 Å². The molecule has 0 radical (unpaired) electrons. The molecule has 0 saturated heterocycles. The highest BCUT2D eigenvalue weighted by Gasteiger charge is 2.16. The van der Waals surface area contributed by atoms with E-state index in [1.807, 2.05) is 6.07 Å². The molecule has 0 bridgehead atoms. The van der Waals surface area contributed by atoms with Crippen LogP contribution in [-0.2, 0) is 6.42 Å². The molecule has 1 aromatic rings. The Morgan fingerprint density at radius 2 is 1.56 bits per heavy atom. The van der Waals surface area contributed by atoms with Crippen LogP contribution in [0.4, 0.5) is 0 Å². The standard InChI is InChI=1S/C16H26N2/c1-15(2,3)17-14(18-16(4,5)6)12-13-10-8-7-9-11-13/h7-11H,12H2,1-6H3,(H,17,18).